The molecule has 0 aliphatic rings. The summed E-state index contributed by atoms with van der Waals surface area (Å²) in [6, 6.07) is 1.66. The fourth-order valence-corrected chi connectivity index (χ4v) is 1.15. The first-order valence-electron chi connectivity index (χ1n) is 4.48. The Labute approximate surface area is 83.3 Å². The van der Waals surface area contributed by atoms with Crippen molar-refractivity contribution >= 4 is 6.29 Å². The first kappa shape index (κ1) is 10.8. The summed E-state index contributed by atoms with van der Waals surface area (Å²) in [6.07, 6.45) is 1.42. The minimum absolute atomic E-state index is 0.0660. The van der Waals surface area contributed by atoms with Crippen LogP contribution in [0.25, 0.3) is 0 Å². The van der Waals surface area contributed by atoms with Gasteiger partial charge >= 0.3 is 0 Å². The number of methoxy groups -OCH3 is 1. The molecule has 1 heterocycles. The van der Waals surface area contributed by atoms with E-state index < -0.39 is 0 Å². The molecule has 76 valence electrons. The molecule has 0 fully saturated rings. The molecule has 1 aromatic rings. The maximum atomic E-state index is 10.5. The molecule has 4 nitrogen and oxygen atoms in total. The zero-order chi connectivity index (χ0) is 10.6. The first-order valence-corrected chi connectivity index (χ1v) is 4.48. The van der Waals surface area contributed by atoms with Crippen LogP contribution in [0.3, 0.4) is 0 Å². The molecule has 0 saturated carbocycles. The highest BCUT2D eigenvalue weighted by molar-refractivity contribution is 5.71. The maximum absolute atomic E-state index is 10.5. The van der Waals surface area contributed by atoms with Gasteiger partial charge in [-0.25, -0.2) is 9.97 Å². The van der Waals surface area contributed by atoms with E-state index in [-0.39, 0.29) is 6.10 Å². The smallest absolute Gasteiger partial charge is 0.168 e. The lowest BCUT2D eigenvalue weighted by Crippen LogP contribution is -2.12. The average molecular weight is 194 g/mol. The molecule has 0 saturated heterocycles. The zero-order valence-electron chi connectivity index (χ0n) is 8.65. The summed E-state index contributed by atoms with van der Waals surface area (Å²) < 4.78 is 5.10. The van der Waals surface area contributed by atoms with E-state index in [0.29, 0.717) is 17.9 Å². The van der Waals surface area contributed by atoms with Crippen molar-refractivity contribution < 1.29 is 9.53 Å². The molecular formula is C10H14N2O2. The maximum Gasteiger partial charge on any atom is 0.168 e. The summed E-state index contributed by atoms with van der Waals surface area (Å²) in [7, 11) is 1.64. The fraction of sp³-hybridized carbons (Fsp3) is 0.500. The molecule has 0 aliphatic heterocycles. The summed E-state index contributed by atoms with van der Waals surface area (Å²) in [5.74, 6) is 0.654. The topological polar surface area (TPSA) is 52.1 Å². The molecule has 1 rings (SSSR count). The van der Waals surface area contributed by atoms with Gasteiger partial charge in [0.15, 0.2) is 6.29 Å². The third-order valence-electron chi connectivity index (χ3n) is 1.91. The number of carbonyl (C=O) groups excluding carboxylic acids is 1. The first-order chi connectivity index (χ1) is 6.65. The lowest BCUT2D eigenvalue weighted by Gasteiger charge is -2.08. The van der Waals surface area contributed by atoms with Gasteiger partial charge in [0.05, 0.1) is 6.10 Å². The van der Waals surface area contributed by atoms with Gasteiger partial charge in [0.2, 0.25) is 0 Å². The Morgan fingerprint density at radius 1 is 1.57 bits per heavy atom. The summed E-state index contributed by atoms with van der Waals surface area (Å²) in [6.45, 7) is 3.78. The Morgan fingerprint density at radius 2 is 2.29 bits per heavy atom. The van der Waals surface area contributed by atoms with Crippen LogP contribution in [0.5, 0.6) is 0 Å². The molecular weight excluding hydrogens is 180 g/mol. The Balaban J connectivity index is 2.86. The SMILES string of the molecule is COC(C)Cc1nc(C)cc(C=O)n1. The fourth-order valence-electron chi connectivity index (χ4n) is 1.15. The van der Waals surface area contributed by atoms with E-state index >= 15 is 0 Å². The van der Waals surface area contributed by atoms with Gasteiger partial charge in [-0.1, -0.05) is 0 Å². The van der Waals surface area contributed by atoms with E-state index in [9.17, 15) is 4.79 Å². The van der Waals surface area contributed by atoms with E-state index in [1.165, 1.54) is 0 Å². The number of carbonyl (C=O) groups is 1. The second-order valence-electron chi connectivity index (χ2n) is 3.22. The van der Waals surface area contributed by atoms with Gasteiger partial charge in [0, 0.05) is 19.2 Å². The number of aryl methyl sites for hydroxylation is 1. The van der Waals surface area contributed by atoms with Crippen molar-refractivity contribution in [1.29, 1.82) is 0 Å². The van der Waals surface area contributed by atoms with Gasteiger partial charge in [-0.2, -0.15) is 0 Å². The second-order valence-corrected chi connectivity index (χ2v) is 3.22. The van der Waals surface area contributed by atoms with Crippen molar-refractivity contribution in [1.82, 2.24) is 9.97 Å². The molecule has 14 heavy (non-hydrogen) atoms. The highest BCUT2D eigenvalue weighted by Crippen LogP contribution is 2.03. The molecule has 0 N–H and O–H groups in total. The van der Waals surface area contributed by atoms with Gasteiger partial charge in [0.1, 0.15) is 11.5 Å². The lowest BCUT2D eigenvalue weighted by molar-refractivity contribution is 0.111. The van der Waals surface area contributed by atoms with Crippen molar-refractivity contribution in [3.05, 3.63) is 23.3 Å². The number of hydrogen-bond donors (Lipinski definition) is 0. The summed E-state index contributed by atoms with van der Waals surface area (Å²) in [5.41, 5.74) is 1.23. The number of rotatable bonds is 4. The molecule has 1 atom stereocenters. The average Bonchev–Trinajstić information content (AvgIpc) is 2.16. The van der Waals surface area contributed by atoms with Crippen LogP contribution < -0.4 is 0 Å². The van der Waals surface area contributed by atoms with Crippen LogP contribution in [0, 0.1) is 6.92 Å². The van der Waals surface area contributed by atoms with Crippen LogP contribution >= 0.6 is 0 Å². The van der Waals surface area contributed by atoms with Crippen molar-refractivity contribution in [2.75, 3.05) is 7.11 Å². The minimum atomic E-state index is 0.0660. The van der Waals surface area contributed by atoms with Gasteiger partial charge in [-0.05, 0) is 19.9 Å². The Bertz CT molecular complexity index is 326. The second kappa shape index (κ2) is 4.81. The van der Waals surface area contributed by atoms with Gasteiger partial charge in [-0.3, -0.25) is 4.79 Å². The van der Waals surface area contributed by atoms with Crippen LogP contribution in [0.1, 0.15) is 28.9 Å². The van der Waals surface area contributed by atoms with E-state index in [0.717, 1.165) is 12.0 Å². The summed E-state index contributed by atoms with van der Waals surface area (Å²) in [5, 5.41) is 0. The van der Waals surface area contributed by atoms with Crippen LogP contribution in [0.4, 0.5) is 0 Å². The summed E-state index contributed by atoms with van der Waals surface area (Å²) >= 11 is 0. The third-order valence-corrected chi connectivity index (χ3v) is 1.91. The highest BCUT2D eigenvalue weighted by atomic mass is 16.5. The quantitative estimate of drug-likeness (QED) is 0.675. The molecule has 1 unspecified atom stereocenters. The van der Waals surface area contributed by atoms with Crippen molar-refractivity contribution in [2.45, 2.75) is 26.4 Å². The molecule has 4 heteroatoms. The van der Waals surface area contributed by atoms with E-state index in [4.69, 9.17) is 4.74 Å². The molecule has 0 aliphatic carbocycles. The molecule has 0 bridgehead atoms. The third kappa shape index (κ3) is 2.88. The largest absolute Gasteiger partial charge is 0.381 e. The normalized spacial score (nSPS) is 12.5. The number of aromatic nitrogens is 2. The molecule has 0 spiro atoms. The molecule has 1 aromatic heterocycles. The lowest BCUT2D eigenvalue weighted by atomic mass is 10.2. The number of ether oxygens (including phenoxy) is 1. The number of nitrogens with zero attached hydrogens (tertiary/aromatic N) is 2. The number of aldehydes is 1. The predicted octanol–water partition coefficient (Wildman–Crippen LogP) is 1.17. The molecule has 0 amide bonds. The zero-order valence-corrected chi connectivity index (χ0v) is 8.65. The van der Waals surface area contributed by atoms with Crippen LogP contribution in [-0.4, -0.2) is 29.5 Å². The summed E-state index contributed by atoms with van der Waals surface area (Å²) in [4.78, 5) is 18.8. The monoisotopic (exact) mass is 194 g/mol. The van der Waals surface area contributed by atoms with E-state index in [1.54, 1.807) is 13.2 Å². The van der Waals surface area contributed by atoms with Crippen LogP contribution in [-0.2, 0) is 11.2 Å². The van der Waals surface area contributed by atoms with Gasteiger partial charge < -0.3 is 4.74 Å². The van der Waals surface area contributed by atoms with E-state index in [1.807, 2.05) is 13.8 Å². The van der Waals surface area contributed by atoms with Crippen LogP contribution in [0.15, 0.2) is 6.07 Å². The van der Waals surface area contributed by atoms with Crippen molar-refractivity contribution in [3.63, 3.8) is 0 Å². The molecule has 0 radical (unpaired) electrons. The Morgan fingerprint density at radius 3 is 2.86 bits per heavy atom. The molecule has 0 aromatic carbocycles. The Kier molecular flexibility index (Phi) is 3.71. The minimum Gasteiger partial charge on any atom is -0.381 e. The number of hydrogen-bond acceptors (Lipinski definition) is 4. The van der Waals surface area contributed by atoms with Gasteiger partial charge in [0.25, 0.3) is 0 Å². The van der Waals surface area contributed by atoms with Gasteiger partial charge in [-0.15, -0.1) is 0 Å². The Hall–Kier alpha value is -1.29. The van der Waals surface area contributed by atoms with Crippen molar-refractivity contribution in [3.8, 4) is 0 Å². The van der Waals surface area contributed by atoms with Crippen LogP contribution in [0.2, 0.25) is 0 Å². The predicted molar refractivity (Wildman–Crippen MR) is 52.3 cm³/mol. The van der Waals surface area contributed by atoms with E-state index in [2.05, 4.69) is 9.97 Å². The highest BCUT2D eigenvalue weighted by Gasteiger charge is 2.06. The van der Waals surface area contributed by atoms with Crippen molar-refractivity contribution in [2.24, 2.45) is 0 Å². The standard InChI is InChI=1S/C10H14N2O2/c1-7-4-9(6-13)12-10(11-7)5-8(2)14-3/h4,6,8H,5H2,1-3H3.